The number of anilines is 2. The number of rotatable bonds is 1. The Morgan fingerprint density at radius 2 is 1.95 bits per heavy atom. The molecule has 1 aliphatic rings. The SMILES string of the molecule is CN1CCN(C(=O)c2cc(F)c[nH]2)c2ccc(F)cc21. The molecule has 0 unspecified atom stereocenters. The third-order valence-corrected chi connectivity index (χ3v) is 3.42. The summed E-state index contributed by atoms with van der Waals surface area (Å²) < 4.78 is 26.3. The van der Waals surface area contributed by atoms with E-state index in [1.54, 1.807) is 6.07 Å². The first-order valence-electron chi connectivity index (χ1n) is 6.23. The molecule has 2 aromatic rings. The van der Waals surface area contributed by atoms with Gasteiger partial charge in [0, 0.05) is 32.4 Å². The van der Waals surface area contributed by atoms with E-state index < -0.39 is 5.82 Å². The number of aromatic nitrogens is 1. The van der Waals surface area contributed by atoms with Crippen LogP contribution in [0.15, 0.2) is 30.5 Å². The number of hydrogen-bond acceptors (Lipinski definition) is 2. The lowest BCUT2D eigenvalue weighted by molar-refractivity contribution is 0.0982. The van der Waals surface area contributed by atoms with E-state index in [9.17, 15) is 13.6 Å². The third kappa shape index (κ3) is 2.03. The summed E-state index contributed by atoms with van der Waals surface area (Å²) in [6.45, 7) is 1.06. The molecule has 1 aliphatic heterocycles. The number of hydrogen-bond donors (Lipinski definition) is 1. The predicted molar refractivity (Wildman–Crippen MR) is 72.1 cm³/mol. The number of likely N-dealkylation sites (N-methyl/N-ethyl adjacent to an activating group) is 1. The minimum absolute atomic E-state index is 0.183. The normalized spacial score (nSPS) is 14.3. The van der Waals surface area contributed by atoms with Crippen LogP contribution in [-0.4, -0.2) is 31.0 Å². The number of aromatic amines is 1. The van der Waals surface area contributed by atoms with Crippen LogP contribution < -0.4 is 9.80 Å². The standard InChI is InChI=1S/C14H13F2N3O/c1-18-4-5-19(12-3-2-9(15)7-13(12)18)14(20)11-6-10(16)8-17-11/h2-3,6-8,17H,4-5H2,1H3. The van der Waals surface area contributed by atoms with Gasteiger partial charge in [0.1, 0.15) is 17.3 Å². The van der Waals surface area contributed by atoms with Crippen molar-refractivity contribution in [3.05, 3.63) is 47.8 Å². The summed E-state index contributed by atoms with van der Waals surface area (Å²) in [6.07, 6.45) is 1.13. The zero-order chi connectivity index (χ0) is 14.3. The number of H-pyrrole nitrogens is 1. The smallest absolute Gasteiger partial charge is 0.274 e. The minimum Gasteiger partial charge on any atom is -0.371 e. The molecule has 6 heteroatoms. The van der Waals surface area contributed by atoms with Gasteiger partial charge in [0.05, 0.1) is 11.4 Å². The Labute approximate surface area is 114 Å². The molecule has 104 valence electrons. The zero-order valence-corrected chi connectivity index (χ0v) is 10.9. The van der Waals surface area contributed by atoms with Crippen LogP contribution in [0.3, 0.4) is 0 Å². The lowest BCUT2D eigenvalue weighted by atomic mass is 10.1. The average molecular weight is 277 g/mol. The number of carbonyl (C=O) groups is 1. The van der Waals surface area contributed by atoms with Crippen LogP contribution in [0.1, 0.15) is 10.5 Å². The summed E-state index contributed by atoms with van der Waals surface area (Å²) in [5, 5.41) is 0. The fraction of sp³-hybridized carbons (Fsp3) is 0.214. The molecule has 1 N–H and O–H groups in total. The molecule has 0 aliphatic carbocycles. The first-order valence-corrected chi connectivity index (χ1v) is 6.23. The van der Waals surface area contributed by atoms with Crippen molar-refractivity contribution in [1.29, 1.82) is 0 Å². The monoisotopic (exact) mass is 277 g/mol. The molecule has 20 heavy (non-hydrogen) atoms. The van der Waals surface area contributed by atoms with E-state index in [4.69, 9.17) is 0 Å². The van der Waals surface area contributed by atoms with Crippen molar-refractivity contribution >= 4 is 17.3 Å². The Hall–Kier alpha value is -2.37. The molecule has 0 radical (unpaired) electrons. The summed E-state index contributed by atoms with van der Waals surface area (Å²) >= 11 is 0. The summed E-state index contributed by atoms with van der Waals surface area (Å²) in [6, 6.07) is 5.43. The second-order valence-corrected chi connectivity index (χ2v) is 4.74. The molecule has 2 heterocycles. The Kier molecular flexibility index (Phi) is 2.93. The number of fused-ring (bicyclic) bond motifs is 1. The molecule has 0 saturated carbocycles. The maximum atomic E-state index is 13.3. The number of carbonyl (C=O) groups excluding carboxylic acids is 1. The van der Waals surface area contributed by atoms with E-state index in [0.717, 1.165) is 12.3 Å². The molecule has 4 nitrogen and oxygen atoms in total. The average Bonchev–Trinajstić information content (AvgIpc) is 2.86. The van der Waals surface area contributed by atoms with Crippen LogP contribution in [0, 0.1) is 11.6 Å². The van der Waals surface area contributed by atoms with Gasteiger partial charge in [-0.1, -0.05) is 0 Å². The zero-order valence-electron chi connectivity index (χ0n) is 10.9. The van der Waals surface area contributed by atoms with Crippen LogP contribution in [0.4, 0.5) is 20.2 Å². The summed E-state index contributed by atoms with van der Waals surface area (Å²) in [5.41, 5.74) is 1.46. The van der Waals surface area contributed by atoms with E-state index >= 15 is 0 Å². The molecule has 1 amide bonds. The first kappa shape index (κ1) is 12.7. The molecular weight excluding hydrogens is 264 g/mol. The Balaban J connectivity index is 2.00. The van der Waals surface area contributed by atoms with E-state index in [0.29, 0.717) is 24.5 Å². The second kappa shape index (κ2) is 4.63. The topological polar surface area (TPSA) is 39.3 Å². The van der Waals surface area contributed by atoms with Crippen molar-refractivity contribution in [2.75, 3.05) is 29.9 Å². The van der Waals surface area contributed by atoms with Gasteiger partial charge < -0.3 is 14.8 Å². The van der Waals surface area contributed by atoms with Crippen LogP contribution in [0.5, 0.6) is 0 Å². The molecule has 0 bridgehead atoms. The van der Waals surface area contributed by atoms with E-state index in [2.05, 4.69) is 4.98 Å². The summed E-state index contributed by atoms with van der Waals surface area (Å²) in [5.74, 6) is -1.16. The van der Waals surface area contributed by atoms with Crippen molar-refractivity contribution in [2.45, 2.75) is 0 Å². The highest BCUT2D eigenvalue weighted by molar-refractivity contribution is 6.07. The quantitative estimate of drug-likeness (QED) is 0.869. The number of nitrogens with one attached hydrogen (secondary N) is 1. The van der Waals surface area contributed by atoms with Gasteiger partial charge in [-0.25, -0.2) is 8.78 Å². The third-order valence-electron chi connectivity index (χ3n) is 3.42. The molecule has 0 saturated heterocycles. The Morgan fingerprint density at radius 3 is 2.65 bits per heavy atom. The summed E-state index contributed by atoms with van der Waals surface area (Å²) in [7, 11) is 1.84. The number of halogens is 2. The maximum absolute atomic E-state index is 13.3. The van der Waals surface area contributed by atoms with Crippen molar-refractivity contribution < 1.29 is 13.6 Å². The lowest BCUT2D eigenvalue weighted by Gasteiger charge is -2.35. The van der Waals surface area contributed by atoms with E-state index in [-0.39, 0.29) is 17.4 Å². The van der Waals surface area contributed by atoms with Crippen LogP contribution in [0.2, 0.25) is 0 Å². The summed E-state index contributed by atoms with van der Waals surface area (Å²) in [4.78, 5) is 18.4. The highest BCUT2D eigenvalue weighted by Gasteiger charge is 2.27. The van der Waals surface area contributed by atoms with Gasteiger partial charge in [-0.15, -0.1) is 0 Å². The maximum Gasteiger partial charge on any atom is 0.274 e. The first-order chi connectivity index (χ1) is 9.56. The molecule has 0 fully saturated rings. The lowest BCUT2D eigenvalue weighted by Crippen LogP contribution is -2.42. The Bertz CT molecular complexity index is 668. The van der Waals surface area contributed by atoms with Crippen molar-refractivity contribution in [3.8, 4) is 0 Å². The molecular formula is C14H13F2N3O. The van der Waals surface area contributed by atoms with Crippen LogP contribution in [0.25, 0.3) is 0 Å². The van der Waals surface area contributed by atoms with E-state index in [1.165, 1.54) is 17.0 Å². The van der Waals surface area contributed by atoms with Crippen molar-refractivity contribution in [1.82, 2.24) is 4.98 Å². The minimum atomic E-state index is -0.484. The number of benzene rings is 1. The molecule has 0 spiro atoms. The molecule has 1 aromatic heterocycles. The van der Waals surface area contributed by atoms with Crippen molar-refractivity contribution in [2.24, 2.45) is 0 Å². The van der Waals surface area contributed by atoms with Gasteiger partial charge in [0.25, 0.3) is 5.91 Å². The van der Waals surface area contributed by atoms with Gasteiger partial charge >= 0.3 is 0 Å². The van der Waals surface area contributed by atoms with E-state index in [1.807, 2.05) is 11.9 Å². The fourth-order valence-electron chi connectivity index (χ4n) is 2.37. The second-order valence-electron chi connectivity index (χ2n) is 4.74. The van der Waals surface area contributed by atoms with Gasteiger partial charge in [0.2, 0.25) is 0 Å². The van der Waals surface area contributed by atoms with Crippen LogP contribution >= 0.6 is 0 Å². The van der Waals surface area contributed by atoms with Gasteiger partial charge in [-0.3, -0.25) is 4.79 Å². The molecule has 3 rings (SSSR count). The highest BCUT2D eigenvalue weighted by atomic mass is 19.1. The van der Waals surface area contributed by atoms with Crippen LogP contribution in [-0.2, 0) is 0 Å². The van der Waals surface area contributed by atoms with Gasteiger partial charge in [-0.2, -0.15) is 0 Å². The van der Waals surface area contributed by atoms with Gasteiger partial charge in [0.15, 0.2) is 0 Å². The molecule has 0 atom stereocenters. The Morgan fingerprint density at radius 1 is 1.15 bits per heavy atom. The number of amides is 1. The number of nitrogens with zero attached hydrogens (tertiary/aromatic N) is 2. The predicted octanol–water partition coefficient (Wildman–Crippen LogP) is 2.39. The molecule has 1 aromatic carbocycles. The van der Waals surface area contributed by atoms with Gasteiger partial charge in [-0.05, 0) is 18.2 Å². The largest absolute Gasteiger partial charge is 0.371 e. The fourth-order valence-corrected chi connectivity index (χ4v) is 2.37. The highest BCUT2D eigenvalue weighted by Crippen LogP contribution is 2.33. The van der Waals surface area contributed by atoms with Crippen molar-refractivity contribution in [3.63, 3.8) is 0 Å².